The number of nitrogen functional groups attached to an aromatic ring is 1. The van der Waals surface area contributed by atoms with E-state index in [0.717, 1.165) is 46.9 Å². The van der Waals surface area contributed by atoms with Crippen LogP contribution >= 0.6 is 12.2 Å². The van der Waals surface area contributed by atoms with Gasteiger partial charge in [0.2, 0.25) is 10.0 Å². The summed E-state index contributed by atoms with van der Waals surface area (Å²) < 4.78 is 28.5. The Morgan fingerprint density at radius 3 is 2.65 bits per heavy atom. The molecule has 2 bridgehead atoms. The molecule has 3 unspecified atom stereocenters. The number of nitrogens with zero attached hydrogens (tertiary/aromatic N) is 2. The highest BCUT2D eigenvalue weighted by molar-refractivity contribution is 7.88. The van der Waals surface area contributed by atoms with Gasteiger partial charge in [0.15, 0.2) is 0 Å². The van der Waals surface area contributed by atoms with Gasteiger partial charge in [0.25, 0.3) is 0 Å². The summed E-state index contributed by atoms with van der Waals surface area (Å²) in [7, 11) is -3.18. The van der Waals surface area contributed by atoms with Gasteiger partial charge in [-0.15, -0.1) is 0 Å². The van der Waals surface area contributed by atoms with Gasteiger partial charge >= 0.3 is 0 Å². The van der Waals surface area contributed by atoms with Gasteiger partial charge in [-0.1, -0.05) is 36.5 Å². The van der Waals surface area contributed by atoms with E-state index < -0.39 is 10.0 Å². The van der Waals surface area contributed by atoms with Crippen LogP contribution in [0.3, 0.4) is 0 Å². The topological polar surface area (TPSA) is 94.3 Å². The molecule has 6 rings (SSSR count). The summed E-state index contributed by atoms with van der Waals surface area (Å²) in [6, 6.07) is 14.3. The van der Waals surface area contributed by atoms with Crippen LogP contribution in [0.1, 0.15) is 30.9 Å². The van der Waals surface area contributed by atoms with Crippen molar-refractivity contribution in [3.8, 4) is 11.1 Å². The first-order chi connectivity index (χ1) is 14.7. The Labute approximate surface area is 187 Å². The molecule has 2 saturated heterocycles. The second-order valence-corrected chi connectivity index (χ2v) is 11.2. The molecule has 2 aromatic carbocycles. The van der Waals surface area contributed by atoms with Crippen molar-refractivity contribution < 1.29 is 8.42 Å². The highest BCUT2D eigenvalue weighted by Crippen LogP contribution is 2.46. The minimum atomic E-state index is -3.18. The normalized spacial score (nSPS) is 24.0. The molecule has 3 atom stereocenters. The maximum absolute atomic E-state index is 12.2. The van der Waals surface area contributed by atoms with E-state index in [9.17, 15) is 8.42 Å². The molecule has 2 aliphatic heterocycles. The maximum atomic E-state index is 12.2. The van der Waals surface area contributed by atoms with E-state index >= 15 is 0 Å². The molecule has 0 amide bonds. The fraction of sp³-hybridized carbons (Fsp3) is 0.348. The van der Waals surface area contributed by atoms with E-state index in [-0.39, 0.29) is 18.0 Å². The van der Waals surface area contributed by atoms with E-state index in [4.69, 9.17) is 23.7 Å². The fourth-order valence-electron chi connectivity index (χ4n) is 5.40. The number of nitrogens with two attached hydrogens (primary N) is 2. The molecule has 8 heteroatoms. The van der Waals surface area contributed by atoms with Crippen LogP contribution in [0.5, 0.6) is 0 Å². The lowest BCUT2D eigenvalue weighted by molar-refractivity contribution is 0.0698. The largest absolute Gasteiger partial charge is 0.399 e. The van der Waals surface area contributed by atoms with Crippen molar-refractivity contribution in [3.63, 3.8) is 0 Å². The third-order valence-electron chi connectivity index (χ3n) is 6.85. The summed E-state index contributed by atoms with van der Waals surface area (Å²) in [6.45, 7) is 0.586. The van der Waals surface area contributed by atoms with Crippen molar-refractivity contribution in [2.45, 2.75) is 31.3 Å². The first-order valence-corrected chi connectivity index (χ1v) is 12.7. The third-order valence-corrected chi connectivity index (χ3v) is 8.38. The zero-order valence-electron chi connectivity index (χ0n) is 17.4. The Kier molecular flexibility index (Phi) is 4.84. The zero-order chi connectivity index (χ0) is 21.9. The van der Waals surface area contributed by atoms with E-state index in [1.165, 1.54) is 6.26 Å². The number of piperidine rings is 2. The molecule has 3 aromatic rings. The van der Waals surface area contributed by atoms with Gasteiger partial charge in [-0.25, -0.2) is 8.42 Å². The number of aromatic nitrogens is 1. The molecule has 0 radical (unpaired) electrons. The van der Waals surface area contributed by atoms with E-state index in [2.05, 4.69) is 22.9 Å². The van der Waals surface area contributed by atoms with Gasteiger partial charge in [0.1, 0.15) is 4.99 Å². The lowest BCUT2D eigenvalue weighted by Crippen LogP contribution is -2.54. The predicted molar refractivity (Wildman–Crippen MR) is 129 cm³/mol. The van der Waals surface area contributed by atoms with Crippen molar-refractivity contribution in [1.29, 1.82) is 0 Å². The SMILES string of the molecule is CS(=O)(=O)N1CC2CCC1CC2n1cc(-c2cccc(C(N)=S)c2)c2ccc(N)cc21. The molecule has 0 spiro atoms. The number of rotatable bonds is 4. The number of hydrogen-bond donors (Lipinski definition) is 2. The molecule has 1 aromatic heterocycles. The Balaban J connectivity index is 1.62. The number of hydrogen-bond acceptors (Lipinski definition) is 4. The van der Waals surface area contributed by atoms with Crippen LogP contribution in [0, 0.1) is 5.92 Å². The molecule has 3 aliphatic rings. The number of benzene rings is 2. The summed E-state index contributed by atoms with van der Waals surface area (Å²) >= 11 is 5.17. The number of fused-ring (bicyclic) bond motifs is 4. The molecule has 6 nitrogen and oxygen atoms in total. The van der Waals surface area contributed by atoms with E-state index in [0.29, 0.717) is 17.2 Å². The highest BCUT2D eigenvalue weighted by Gasteiger charge is 2.44. The van der Waals surface area contributed by atoms with Crippen molar-refractivity contribution in [2.75, 3.05) is 18.5 Å². The first-order valence-electron chi connectivity index (χ1n) is 10.5. The lowest BCUT2D eigenvalue weighted by Gasteiger charge is -2.48. The van der Waals surface area contributed by atoms with Crippen LogP contribution in [0.25, 0.3) is 22.0 Å². The Morgan fingerprint density at radius 2 is 1.97 bits per heavy atom. The summed E-state index contributed by atoms with van der Waals surface area (Å²) in [5, 5.41) is 1.12. The molecule has 162 valence electrons. The Bertz CT molecular complexity index is 1300. The lowest BCUT2D eigenvalue weighted by atomic mass is 9.77. The monoisotopic (exact) mass is 454 g/mol. The highest BCUT2D eigenvalue weighted by atomic mass is 32.2. The molecule has 3 heterocycles. The fourth-order valence-corrected chi connectivity index (χ4v) is 6.72. The zero-order valence-corrected chi connectivity index (χ0v) is 19.0. The third kappa shape index (κ3) is 3.52. The second kappa shape index (κ2) is 7.32. The molecule has 4 N–H and O–H groups in total. The van der Waals surface area contributed by atoms with Gasteiger partial charge in [-0.2, -0.15) is 4.31 Å². The van der Waals surface area contributed by atoms with Gasteiger partial charge in [0, 0.05) is 47.0 Å². The molecular formula is C23H26N4O2S2. The Morgan fingerprint density at radius 1 is 1.16 bits per heavy atom. The maximum Gasteiger partial charge on any atom is 0.211 e. The molecule has 31 heavy (non-hydrogen) atoms. The summed E-state index contributed by atoms with van der Waals surface area (Å²) in [5.74, 6) is 0.285. The number of sulfonamides is 1. The average molecular weight is 455 g/mol. The van der Waals surface area contributed by atoms with Crippen LogP contribution in [-0.4, -0.2) is 41.1 Å². The molecule has 1 saturated carbocycles. The van der Waals surface area contributed by atoms with E-state index in [1.807, 2.05) is 30.3 Å². The quantitative estimate of drug-likeness (QED) is 0.465. The van der Waals surface area contributed by atoms with Gasteiger partial charge in [-0.05, 0) is 48.9 Å². The van der Waals surface area contributed by atoms with Crippen LogP contribution in [0.4, 0.5) is 5.69 Å². The second-order valence-electron chi connectivity index (χ2n) is 8.80. The van der Waals surface area contributed by atoms with Crippen LogP contribution in [0.2, 0.25) is 0 Å². The Hall–Kier alpha value is -2.42. The van der Waals surface area contributed by atoms with Gasteiger partial charge in [0.05, 0.1) is 11.8 Å². The first kappa shape index (κ1) is 20.5. The standard InChI is InChI=1S/C23H26N4O2S2/c1-31(28,29)27-12-16-5-7-18(27)11-21(16)26-13-20(19-8-6-17(24)10-22(19)26)14-3-2-4-15(9-14)23(25)30/h2-4,6,8-10,13,16,18,21H,5,7,11-12,24H2,1H3,(H2,25,30). The van der Waals surface area contributed by atoms with Crippen LogP contribution in [0.15, 0.2) is 48.7 Å². The van der Waals surface area contributed by atoms with E-state index in [1.54, 1.807) is 4.31 Å². The smallest absolute Gasteiger partial charge is 0.211 e. The van der Waals surface area contributed by atoms with Crippen molar-refractivity contribution in [3.05, 3.63) is 54.2 Å². The minimum absolute atomic E-state index is 0.0601. The van der Waals surface area contributed by atoms with Gasteiger partial charge < -0.3 is 16.0 Å². The summed E-state index contributed by atoms with van der Waals surface area (Å²) in [6.07, 6.45) is 6.30. The van der Waals surface area contributed by atoms with Gasteiger partial charge in [-0.3, -0.25) is 0 Å². The molecular weight excluding hydrogens is 428 g/mol. The average Bonchev–Trinajstić information content (AvgIpc) is 3.12. The summed E-state index contributed by atoms with van der Waals surface area (Å²) in [4.78, 5) is 0.375. The predicted octanol–water partition coefficient (Wildman–Crippen LogP) is 3.51. The minimum Gasteiger partial charge on any atom is -0.399 e. The van der Waals surface area contributed by atoms with Crippen molar-refractivity contribution >= 4 is 43.8 Å². The summed E-state index contributed by atoms with van der Waals surface area (Å²) in [5.41, 5.74) is 16.8. The molecule has 1 aliphatic carbocycles. The van der Waals surface area contributed by atoms with Crippen molar-refractivity contribution in [1.82, 2.24) is 8.87 Å². The van der Waals surface area contributed by atoms with Crippen molar-refractivity contribution in [2.24, 2.45) is 11.7 Å². The molecule has 3 fully saturated rings. The number of thiocarbonyl (C=S) groups is 1. The number of anilines is 1. The van der Waals surface area contributed by atoms with Crippen LogP contribution in [-0.2, 0) is 10.0 Å². The van der Waals surface area contributed by atoms with Crippen LogP contribution < -0.4 is 11.5 Å².